The van der Waals surface area contributed by atoms with Gasteiger partial charge in [0, 0.05) is 18.8 Å². The van der Waals surface area contributed by atoms with Gasteiger partial charge in [0.2, 0.25) is 0 Å². The van der Waals surface area contributed by atoms with E-state index in [1.54, 1.807) is 23.1 Å². The van der Waals surface area contributed by atoms with E-state index >= 15 is 0 Å². The van der Waals surface area contributed by atoms with Crippen LogP contribution in [0.3, 0.4) is 0 Å². The van der Waals surface area contributed by atoms with Crippen molar-refractivity contribution >= 4 is 5.69 Å². The number of nitriles is 2. The molecule has 0 aromatic heterocycles. The summed E-state index contributed by atoms with van der Waals surface area (Å²) < 4.78 is 0. The molecule has 0 aliphatic rings. The van der Waals surface area contributed by atoms with Crippen LogP contribution >= 0.6 is 0 Å². The zero-order valence-electron chi connectivity index (χ0n) is 9.30. The molecule has 88 valence electrons. The molecule has 0 saturated carbocycles. The summed E-state index contributed by atoms with van der Waals surface area (Å²) in [6.45, 7) is 0.665. The Morgan fingerprint density at radius 1 is 1.00 bits per heavy atom. The Morgan fingerprint density at radius 3 is 2.06 bits per heavy atom. The fourth-order valence-corrected chi connectivity index (χ4v) is 1.53. The first-order valence-corrected chi connectivity index (χ1v) is 5.17. The molecule has 0 atom stereocenters. The van der Waals surface area contributed by atoms with Crippen molar-refractivity contribution in [2.24, 2.45) is 0 Å². The quantitative estimate of drug-likeness (QED) is 0.756. The van der Waals surface area contributed by atoms with Crippen LogP contribution in [0, 0.1) is 22.7 Å². The Hall–Kier alpha value is -2.08. The Labute approximate surface area is 99.8 Å². The van der Waals surface area contributed by atoms with E-state index in [9.17, 15) is 0 Å². The predicted molar refractivity (Wildman–Crippen MR) is 62.3 cm³/mol. The molecule has 0 unspecified atom stereocenters. The molecule has 0 aliphatic carbocycles. The molecule has 17 heavy (non-hydrogen) atoms. The van der Waals surface area contributed by atoms with E-state index in [1.165, 1.54) is 0 Å². The zero-order valence-corrected chi connectivity index (χ0v) is 9.30. The molecular formula is C12H13N3O2. The fourth-order valence-electron chi connectivity index (χ4n) is 1.53. The molecule has 2 N–H and O–H groups in total. The second kappa shape index (κ2) is 6.49. The van der Waals surface area contributed by atoms with Crippen molar-refractivity contribution in [3.05, 3.63) is 29.3 Å². The van der Waals surface area contributed by atoms with E-state index in [-0.39, 0.29) is 13.2 Å². The van der Waals surface area contributed by atoms with E-state index in [0.717, 1.165) is 0 Å². The third kappa shape index (κ3) is 3.18. The third-order valence-electron chi connectivity index (χ3n) is 2.35. The highest BCUT2D eigenvalue weighted by atomic mass is 16.3. The first-order valence-electron chi connectivity index (χ1n) is 5.17. The van der Waals surface area contributed by atoms with Gasteiger partial charge in [-0.25, -0.2) is 0 Å². The van der Waals surface area contributed by atoms with Crippen molar-refractivity contribution in [1.29, 1.82) is 10.5 Å². The molecule has 0 aliphatic heterocycles. The Bertz CT molecular complexity index is 454. The monoisotopic (exact) mass is 231 g/mol. The number of rotatable bonds is 5. The molecule has 0 saturated heterocycles. The van der Waals surface area contributed by atoms with Gasteiger partial charge < -0.3 is 15.1 Å². The summed E-state index contributed by atoms with van der Waals surface area (Å²) in [4.78, 5) is 1.75. The molecule has 0 bridgehead atoms. The van der Waals surface area contributed by atoms with Gasteiger partial charge >= 0.3 is 0 Å². The smallest absolute Gasteiger partial charge is 0.101 e. The molecule has 5 nitrogen and oxygen atoms in total. The summed E-state index contributed by atoms with van der Waals surface area (Å²) in [5, 5.41) is 35.5. The Kier molecular flexibility index (Phi) is 4.96. The maximum atomic E-state index is 8.91. The molecule has 0 amide bonds. The van der Waals surface area contributed by atoms with E-state index in [0.29, 0.717) is 29.9 Å². The summed E-state index contributed by atoms with van der Waals surface area (Å²) in [7, 11) is 0. The minimum absolute atomic E-state index is 0.0398. The van der Waals surface area contributed by atoms with Crippen LogP contribution in [0.4, 0.5) is 5.69 Å². The van der Waals surface area contributed by atoms with Gasteiger partial charge in [0.25, 0.3) is 0 Å². The van der Waals surface area contributed by atoms with Crippen LogP contribution in [-0.4, -0.2) is 36.5 Å². The molecule has 5 heteroatoms. The first kappa shape index (κ1) is 13.0. The minimum Gasteiger partial charge on any atom is -0.395 e. The number of benzene rings is 1. The molecule has 1 aromatic rings. The van der Waals surface area contributed by atoms with E-state index in [2.05, 4.69) is 0 Å². The lowest BCUT2D eigenvalue weighted by molar-refractivity contribution is 0.281. The summed E-state index contributed by atoms with van der Waals surface area (Å²) in [6, 6.07) is 8.74. The lowest BCUT2D eigenvalue weighted by Gasteiger charge is -2.23. The highest BCUT2D eigenvalue weighted by molar-refractivity contribution is 5.57. The summed E-state index contributed by atoms with van der Waals surface area (Å²) >= 11 is 0. The summed E-state index contributed by atoms with van der Waals surface area (Å²) in [5.41, 5.74) is 1.33. The highest BCUT2D eigenvalue weighted by Crippen LogP contribution is 2.18. The van der Waals surface area contributed by atoms with Crippen LogP contribution in [-0.2, 0) is 0 Å². The van der Waals surface area contributed by atoms with Crippen LogP contribution in [0.5, 0.6) is 0 Å². The standard InChI is InChI=1S/C12H13N3O2/c13-8-10-1-2-12(7-11(10)9-14)15(3-5-16)4-6-17/h1-2,7,16-17H,3-6H2. The maximum absolute atomic E-state index is 8.91. The van der Waals surface area contributed by atoms with Crippen molar-refractivity contribution in [2.75, 3.05) is 31.2 Å². The fraction of sp³-hybridized carbons (Fsp3) is 0.333. The number of aliphatic hydroxyl groups excluding tert-OH is 2. The van der Waals surface area contributed by atoms with E-state index < -0.39 is 0 Å². The maximum Gasteiger partial charge on any atom is 0.101 e. The van der Waals surface area contributed by atoms with Crippen LogP contribution in [0.25, 0.3) is 0 Å². The van der Waals surface area contributed by atoms with E-state index in [4.69, 9.17) is 20.7 Å². The molecule has 0 spiro atoms. The molecule has 0 heterocycles. The summed E-state index contributed by atoms with van der Waals surface area (Å²) in [5.74, 6) is 0. The zero-order chi connectivity index (χ0) is 12.7. The Morgan fingerprint density at radius 2 is 1.59 bits per heavy atom. The van der Waals surface area contributed by atoms with E-state index in [1.807, 2.05) is 12.1 Å². The second-order valence-corrected chi connectivity index (χ2v) is 3.39. The van der Waals surface area contributed by atoms with Gasteiger partial charge in [-0.15, -0.1) is 0 Å². The van der Waals surface area contributed by atoms with Gasteiger partial charge in [-0.3, -0.25) is 0 Å². The molecule has 1 rings (SSSR count). The van der Waals surface area contributed by atoms with Gasteiger partial charge in [-0.1, -0.05) is 0 Å². The number of anilines is 1. The first-order chi connectivity index (χ1) is 8.26. The molecule has 0 radical (unpaired) electrons. The van der Waals surface area contributed by atoms with Gasteiger partial charge in [0.05, 0.1) is 24.3 Å². The highest BCUT2D eigenvalue weighted by Gasteiger charge is 2.08. The predicted octanol–water partition coefficient (Wildman–Crippen LogP) is 0.221. The van der Waals surface area contributed by atoms with Crippen LogP contribution in [0.15, 0.2) is 18.2 Å². The second-order valence-electron chi connectivity index (χ2n) is 3.39. The molecule has 0 fully saturated rings. The number of hydrogen-bond acceptors (Lipinski definition) is 5. The van der Waals surface area contributed by atoms with Crippen LogP contribution < -0.4 is 4.90 Å². The van der Waals surface area contributed by atoms with Gasteiger partial charge in [0.15, 0.2) is 0 Å². The SMILES string of the molecule is N#Cc1ccc(N(CCO)CCO)cc1C#N. The van der Waals surface area contributed by atoms with Gasteiger partial charge in [0.1, 0.15) is 12.1 Å². The average Bonchev–Trinajstić information content (AvgIpc) is 2.37. The van der Waals surface area contributed by atoms with Crippen LogP contribution in [0.2, 0.25) is 0 Å². The topological polar surface area (TPSA) is 91.3 Å². The van der Waals surface area contributed by atoms with Crippen molar-refractivity contribution in [1.82, 2.24) is 0 Å². The van der Waals surface area contributed by atoms with Gasteiger partial charge in [-0.2, -0.15) is 10.5 Å². The minimum atomic E-state index is -0.0398. The Balaban J connectivity index is 3.05. The van der Waals surface area contributed by atoms with Crippen molar-refractivity contribution in [3.8, 4) is 12.1 Å². The average molecular weight is 231 g/mol. The van der Waals surface area contributed by atoms with Crippen molar-refractivity contribution in [2.45, 2.75) is 0 Å². The molecular weight excluding hydrogens is 218 g/mol. The lowest BCUT2D eigenvalue weighted by Crippen LogP contribution is -2.29. The normalized spacial score (nSPS) is 9.41. The van der Waals surface area contributed by atoms with Crippen molar-refractivity contribution < 1.29 is 10.2 Å². The summed E-state index contributed by atoms with van der Waals surface area (Å²) in [6.07, 6.45) is 0. The third-order valence-corrected chi connectivity index (χ3v) is 2.35. The number of aliphatic hydroxyl groups is 2. The molecule has 1 aromatic carbocycles. The van der Waals surface area contributed by atoms with Crippen LogP contribution in [0.1, 0.15) is 11.1 Å². The lowest BCUT2D eigenvalue weighted by atomic mass is 10.1. The van der Waals surface area contributed by atoms with Crippen molar-refractivity contribution in [3.63, 3.8) is 0 Å². The van der Waals surface area contributed by atoms with Gasteiger partial charge in [-0.05, 0) is 18.2 Å². The number of hydrogen-bond donors (Lipinski definition) is 2. The largest absolute Gasteiger partial charge is 0.395 e. The number of nitrogens with zero attached hydrogens (tertiary/aromatic N) is 3.